The number of nitrogens with zero attached hydrogens (tertiary/aromatic N) is 3. The van der Waals surface area contributed by atoms with Crippen molar-refractivity contribution in [3.05, 3.63) is 87.8 Å². The van der Waals surface area contributed by atoms with E-state index in [1.807, 2.05) is 42.5 Å². The number of ether oxygens (including phenoxy) is 1. The number of methoxy groups -OCH3 is 1. The van der Waals surface area contributed by atoms with Crippen molar-refractivity contribution < 1.29 is 4.74 Å². The standard InChI is InChI=1S/C24H16Cl2N4O/c1-31-23-11-22(19(25)10-20(23)26)30-24-17(12-27)14-29-21-9-15(6-7-18(21)24)4-5-16-3-2-8-28-13-16/h2-11,13-14H,1H3,(H,29,30)/b5-4+. The summed E-state index contributed by atoms with van der Waals surface area (Å²) in [4.78, 5) is 8.56. The van der Waals surface area contributed by atoms with Crippen molar-refractivity contribution in [1.29, 1.82) is 5.26 Å². The second kappa shape index (κ2) is 9.05. The van der Waals surface area contributed by atoms with E-state index in [4.69, 9.17) is 27.9 Å². The van der Waals surface area contributed by atoms with Crippen LogP contribution in [-0.2, 0) is 0 Å². The van der Waals surface area contributed by atoms with Crippen LogP contribution in [0.5, 0.6) is 5.75 Å². The van der Waals surface area contributed by atoms with Gasteiger partial charge in [0.05, 0.1) is 39.6 Å². The number of hydrogen-bond acceptors (Lipinski definition) is 5. The van der Waals surface area contributed by atoms with Gasteiger partial charge in [0.15, 0.2) is 0 Å². The maximum atomic E-state index is 9.61. The van der Waals surface area contributed by atoms with Crippen molar-refractivity contribution in [2.75, 3.05) is 12.4 Å². The summed E-state index contributed by atoms with van der Waals surface area (Å²) in [6, 6.07) is 15.2. The SMILES string of the molecule is COc1cc(Nc2c(C#N)cnc3cc(/C=C/c4cccnc4)ccc23)c(Cl)cc1Cl. The average Bonchev–Trinajstić information content (AvgIpc) is 2.80. The molecule has 0 atom stereocenters. The Morgan fingerprint density at radius 3 is 2.61 bits per heavy atom. The fraction of sp³-hybridized carbons (Fsp3) is 0.0417. The molecule has 4 rings (SSSR count). The van der Waals surface area contributed by atoms with Crippen molar-refractivity contribution in [2.24, 2.45) is 0 Å². The van der Waals surface area contributed by atoms with E-state index < -0.39 is 0 Å². The minimum atomic E-state index is 0.399. The molecule has 0 saturated heterocycles. The molecule has 0 spiro atoms. The Hall–Kier alpha value is -3.59. The van der Waals surface area contributed by atoms with Crippen LogP contribution >= 0.6 is 23.2 Å². The highest BCUT2D eigenvalue weighted by Crippen LogP contribution is 2.37. The molecule has 0 amide bonds. The fourth-order valence-electron chi connectivity index (χ4n) is 3.12. The number of aromatic nitrogens is 2. The first-order valence-electron chi connectivity index (χ1n) is 9.30. The van der Waals surface area contributed by atoms with E-state index in [9.17, 15) is 5.26 Å². The Kier molecular flexibility index (Phi) is 6.03. The Morgan fingerprint density at radius 1 is 1.03 bits per heavy atom. The Balaban J connectivity index is 1.75. The predicted octanol–water partition coefficient (Wildman–Crippen LogP) is 6.73. The van der Waals surface area contributed by atoms with E-state index in [1.54, 1.807) is 30.7 Å². The van der Waals surface area contributed by atoms with Gasteiger partial charge in [0, 0.05) is 30.0 Å². The lowest BCUT2D eigenvalue weighted by molar-refractivity contribution is 0.415. The molecule has 0 aliphatic carbocycles. The van der Waals surface area contributed by atoms with Gasteiger partial charge in [0.25, 0.3) is 0 Å². The highest BCUT2D eigenvalue weighted by atomic mass is 35.5. The first-order chi connectivity index (χ1) is 15.1. The molecule has 0 aliphatic heterocycles. The second-order valence-electron chi connectivity index (χ2n) is 6.65. The van der Waals surface area contributed by atoms with Gasteiger partial charge in [0.1, 0.15) is 11.8 Å². The van der Waals surface area contributed by atoms with Gasteiger partial charge in [-0.3, -0.25) is 9.97 Å². The minimum Gasteiger partial charge on any atom is -0.495 e. The van der Waals surface area contributed by atoms with E-state index in [2.05, 4.69) is 21.4 Å². The van der Waals surface area contributed by atoms with Crippen molar-refractivity contribution in [3.63, 3.8) is 0 Å². The van der Waals surface area contributed by atoms with E-state index in [1.165, 1.54) is 7.11 Å². The van der Waals surface area contributed by atoms with Crippen LogP contribution in [0.3, 0.4) is 0 Å². The lowest BCUT2D eigenvalue weighted by Gasteiger charge is -2.14. The van der Waals surface area contributed by atoms with Crippen molar-refractivity contribution >= 4 is 57.6 Å². The maximum absolute atomic E-state index is 9.61. The molecule has 0 unspecified atom stereocenters. The van der Waals surface area contributed by atoms with Gasteiger partial charge in [-0.25, -0.2) is 0 Å². The molecule has 0 radical (unpaired) electrons. The number of benzene rings is 2. The summed E-state index contributed by atoms with van der Waals surface area (Å²) in [6.07, 6.45) is 9.05. The molecule has 2 aromatic carbocycles. The molecule has 4 aromatic rings. The summed E-state index contributed by atoms with van der Waals surface area (Å²) < 4.78 is 5.28. The van der Waals surface area contributed by atoms with Gasteiger partial charge in [-0.1, -0.05) is 53.6 Å². The van der Waals surface area contributed by atoms with Crippen LogP contribution in [0.25, 0.3) is 23.1 Å². The highest BCUT2D eigenvalue weighted by molar-refractivity contribution is 6.37. The third-order valence-electron chi connectivity index (χ3n) is 4.67. The number of nitrogens with one attached hydrogen (secondary N) is 1. The first-order valence-corrected chi connectivity index (χ1v) is 10.1. The molecule has 31 heavy (non-hydrogen) atoms. The average molecular weight is 447 g/mol. The molecule has 0 aliphatic rings. The van der Waals surface area contributed by atoms with Crippen LogP contribution in [-0.4, -0.2) is 17.1 Å². The Morgan fingerprint density at radius 2 is 1.87 bits per heavy atom. The second-order valence-corrected chi connectivity index (χ2v) is 7.46. The highest BCUT2D eigenvalue weighted by Gasteiger charge is 2.13. The maximum Gasteiger partial charge on any atom is 0.139 e. The molecule has 0 bridgehead atoms. The van der Waals surface area contributed by atoms with Crippen LogP contribution < -0.4 is 10.1 Å². The quantitative estimate of drug-likeness (QED) is 0.367. The molecule has 7 heteroatoms. The fourth-order valence-corrected chi connectivity index (χ4v) is 3.62. The molecular formula is C24H16Cl2N4O. The molecule has 152 valence electrons. The van der Waals surface area contributed by atoms with Gasteiger partial charge in [0.2, 0.25) is 0 Å². The summed E-state index contributed by atoms with van der Waals surface area (Å²) in [5, 5.41) is 14.5. The topological polar surface area (TPSA) is 70.8 Å². The summed E-state index contributed by atoms with van der Waals surface area (Å²) in [5.41, 5.74) is 4.31. The van der Waals surface area contributed by atoms with E-state index >= 15 is 0 Å². The summed E-state index contributed by atoms with van der Waals surface area (Å²) >= 11 is 12.5. The molecular weight excluding hydrogens is 431 g/mol. The van der Waals surface area contributed by atoms with Gasteiger partial charge in [-0.2, -0.15) is 5.26 Å². The van der Waals surface area contributed by atoms with Crippen molar-refractivity contribution in [1.82, 2.24) is 9.97 Å². The van der Waals surface area contributed by atoms with Crippen LogP contribution in [0, 0.1) is 11.3 Å². The zero-order valence-corrected chi connectivity index (χ0v) is 17.9. The normalized spacial score (nSPS) is 10.9. The number of nitriles is 1. The number of hydrogen-bond donors (Lipinski definition) is 1. The number of halogens is 2. The van der Waals surface area contributed by atoms with Gasteiger partial charge < -0.3 is 10.1 Å². The summed E-state index contributed by atoms with van der Waals surface area (Å²) in [5.74, 6) is 0.480. The number of anilines is 2. The summed E-state index contributed by atoms with van der Waals surface area (Å²) in [6.45, 7) is 0. The van der Waals surface area contributed by atoms with E-state index in [0.29, 0.717) is 32.7 Å². The number of pyridine rings is 2. The van der Waals surface area contributed by atoms with Crippen LogP contribution in [0.15, 0.2) is 61.1 Å². The van der Waals surface area contributed by atoms with Gasteiger partial charge in [-0.05, 0) is 29.3 Å². The molecule has 0 fully saturated rings. The van der Waals surface area contributed by atoms with Crippen LogP contribution in [0.4, 0.5) is 11.4 Å². The van der Waals surface area contributed by atoms with E-state index in [0.717, 1.165) is 22.0 Å². The Labute approximate surface area is 189 Å². The minimum absolute atomic E-state index is 0.399. The van der Waals surface area contributed by atoms with Crippen molar-refractivity contribution in [3.8, 4) is 11.8 Å². The number of rotatable bonds is 5. The van der Waals surface area contributed by atoms with Crippen molar-refractivity contribution in [2.45, 2.75) is 0 Å². The van der Waals surface area contributed by atoms with Crippen LogP contribution in [0.2, 0.25) is 10.0 Å². The lowest BCUT2D eigenvalue weighted by atomic mass is 10.1. The van der Waals surface area contributed by atoms with Gasteiger partial charge >= 0.3 is 0 Å². The monoisotopic (exact) mass is 446 g/mol. The van der Waals surface area contributed by atoms with Gasteiger partial charge in [-0.15, -0.1) is 0 Å². The van der Waals surface area contributed by atoms with E-state index in [-0.39, 0.29) is 0 Å². The molecule has 1 N–H and O–H groups in total. The third-order valence-corrected chi connectivity index (χ3v) is 5.28. The molecule has 0 saturated carbocycles. The largest absolute Gasteiger partial charge is 0.495 e. The molecule has 2 aromatic heterocycles. The zero-order valence-electron chi connectivity index (χ0n) is 16.4. The predicted molar refractivity (Wildman–Crippen MR) is 126 cm³/mol. The zero-order chi connectivity index (χ0) is 21.8. The molecule has 5 nitrogen and oxygen atoms in total. The summed E-state index contributed by atoms with van der Waals surface area (Å²) in [7, 11) is 1.53. The smallest absolute Gasteiger partial charge is 0.139 e. The first kappa shape index (κ1) is 20.7. The number of fused-ring (bicyclic) bond motifs is 1. The third kappa shape index (κ3) is 4.46. The van der Waals surface area contributed by atoms with Crippen LogP contribution in [0.1, 0.15) is 16.7 Å². The Bertz CT molecular complexity index is 1330. The molecule has 2 heterocycles. The lowest BCUT2D eigenvalue weighted by Crippen LogP contribution is -1.98.